The summed E-state index contributed by atoms with van der Waals surface area (Å²) < 4.78 is 0. The standard InChI is InChI=1S/C16H18N2O3/c1-2-11(9-14(19)20)10-18-16(21)15-13-6-4-3-5-12(13)7-8-17-15/h3-8,11H,2,9-10H2,1H3,(H,18,21)(H,19,20). The van der Waals surface area contributed by atoms with Gasteiger partial charge in [-0.3, -0.25) is 14.6 Å². The molecule has 2 N–H and O–H groups in total. The van der Waals surface area contributed by atoms with Crippen molar-refractivity contribution in [2.45, 2.75) is 19.8 Å². The quantitative estimate of drug-likeness (QED) is 0.855. The molecule has 0 aliphatic carbocycles. The predicted molar refractivity (Wildman–Crippen MR) is 80.1 cm³/mol. The topological polar surface area (TPSA) is 79.3 Å². The molecule has 1 aromatic carbocycles. The van der Waals surface area contributed by atoms with E-state index in [2.05, 4.69) is 10.3 Å². The van der Waals surface area contributed by atoms with E-state index >= 15 is 0 Å². The zero-order chi connectivity index (χ0) is 15.2. The van der Waals surface area contributed by atoms with E-state index < -0.39 is 5.97 Å². The molecule has 1 heterocycles. The highest BCUT2D eigenvalue weighted by molar-refractivity contribution is 6.05. The van der Waals surface area contributed by atoms with Gasteiger partial charge < -0.3 is 10.4 Å². The lowest BCUT2D eigenvalue weighted by atomic mass is 10.0. The number of fused-ring (bicyclic) bond motifs is 1. The summed E-state index contributed by atoms with van der Waals surface area (Å²) in [6, 6.07) is 9.40. The third-order valence-electron chi connectivity index (χ3n) is 3.48. The lowest BCUT2D eigenvalue weighted by Crippen LogP contribution is -2.30. The van der Waals surface area contributed by atoms with Crippen LogP contribution in [0, 0.1) is 5.92 Å². The number of hydrogen-bond acceptors (Lipinski definition) is 3. The molecular formula is C16H18N2O3. The molecule has 0 saturated heterocycles. The van der Waals surface area contributed by atoms with Gasteiger partial charge in [-0.15, -0.1) is 0 Å². The van der Waals surface area contributed by atoms with E-state index in [1.54, 1.807) is 6.20 Å². The number of hydrogen-bond donors (Lipinski definition) is 2. The zero-order valence-corrected chi connectivity index (χ0v) is 11.9. The van der Waals surface area contributed by atoms with Crippen molar-refractivity contribution in [2.24, 2.45) is 5.92 Å². The number of aliphatic carboxylic acids is 1. The van der Waals surface area contributed by atoms with Gasteiger partial charge in [0.25, 0.3) is 5.91 Å². The molecule has 2 aromatic rings. The second-order valence-corrected chi connectivity index (χ2v) is 4.96. The van der Waals surface area contributed by atoms with Crippen LogP contribution in [0.25, 0.3) is 10.8 Å². The summed E-state index contributed by atoms with van der Waals surface area (Å²) in [6.45, 7) is 2.25. The van der Waals surface area contributed by atoms with Crippen LogP contribution < -0.4 is 5.32 Å². The van der Waals surface area contributed by atoms with Crippen molar-refractivity contribution in [3.63, 3.8) is 0 Å². The highest BCUT2D eigenvalue weighted by Gasteiger charge is 2.15. The Morgan fingerprint density at radius 2 is 2.05 bits per heavy atom. The summed E-state index contributed by atoms with van der Waals surface area (Å²) in [5.74, 6) is -1.18. The number of nitrogens with one attached hydrogen (secondary N) is 1. The van der Waals surface area contributed by atoms with Crippen LogP contribution in [-0.4, -0.2) is 28.5 Å². The fourth-order valence-corrected chi connectivity index (χ4v) is 2.23. The molecule has 21 heavy (non-hydrogen) atoms. The first-order valence-electron chi connectivity index (χ1n) is 6.95. The maximum absolute atomic E-state index is 12.2. The van der Waals surface area contributed by atoms with E-state index in [9.17, 15) is 9.59 Å². The van der Waals surface area contributed by atoms with Gasteiger partial charge in [-0.1, -0.05) is 37.6 Å². The molecule has 1 atom stereocenters. The Bertz CT molecular complexity index is 650. The number of carbonyl (C=O) groups is 2. The van der Waals surface area contributed by atoms with Crippen LogP contribution in [0.2, 0.25) is 0 Å². The van der Waals surface area contributed by atoms with E-state index in [4.69, 9.17) is 5.11 Å². The summed E-state index contributed by atoms with van der Waals surface area (Å²) >= 11 is 0. The fraction of sp³-hybridized carbons (Fsp3) is 0.312. The lowest BCUT2D eigenvalue weighted by Gasteiger charge is -2.13. The minimum Gasteiger partial charge on any atom is -0.481 e. The first-order chi connectivity index (χ1) is 10.1. The SMILES string of the molecule is CCC(CNC(=O)c1nccc2ccccc12)CC(=O)O. The number of aromatic nitrogens is 1. The van der Waals surface area contributed by atoms with Crippen molar-refractivity contribution in [3.05, 3.63) is 42.2 Å². The Morgan fingerprint density at radius 1 is 1.29 bits per heavy atom. The molecule has 1 amide bonds. The molecule has 0 spiro atoms. The predicted octanol–water partition coefficient (Wildman–Crippen LogP) is 2.47. The molecule has 1 unspecified atom stereocenters. The summed E-state index contributed by atoms with van der Waals surface area (Å²) in [6.07, 6.45) is 2.36. The van der Waals surface area contributed by atoms with Gasteiger partial charge in [0.2, 0.25) is 0 Å². The van der Waals surface area contributed by atoms with Crippen LogP contribution in [0.3, 0.4) is 0 Å². The van der Waals surface area contributed by atoms with E-state index in [-0.39, 0.29) is 18.2 Å². The number of carbonyl (C=O) groups excluding carboxylic acids is 1. The largest absolute Gasteiger partial charge is 0.481 e. The van der Waals surface area contributed by atoms with Crippen LogP contribution in [0.4, 0.5) is 0 Å². The number of rotatable bonds is 6. The average Bonchev–Trinajstić information content (AvgIpc) is 2.50. The Morgan fingerprint density at radius 3 is 2.76 bits per heavy atom. The average molecular weight is 286 g/mol. The van der Waals surface area contributed by atoms with Crippen LogP contribution >= 0.6 is 0 Å². The highest BCUT2D eigenvalue weighted by atomic mass is 16.4. The van der Waals surface area contributed by atoms with Crippen molar-refractivity contribution in [3.8, 4) is 0 Å². The molecule has 110 valence electrons. The van der Waals surface area contributed by atoms with E-state index in [0.717, 1.165) is 10.8 Å². The maximum atomic E-state index is 12.2. The molecule has 0 saturated carbocycles. The van der Waals surface area contributed by atoms with Crippen LogP contribution in [0.15, 0.2) is 36.5 Å². The molecule has 0 aliphatic heterocycles. The van der Waals surface area contributed by atoms with Gasteiger partial charge in [0.05, 0.1) is 0 Å². The third kappa shape index (κ3) is 3.78. The number of nitrogens with zero attached hydrogens (tertiary/aromatic N) is 1. The maximum Gasteiger partial charge on any atom is 0.303 e. The van der Waals surface area contributed by atoms with E-state index in [0.29, 0.717) is 18.7 Å². The van der Waals surface area contributed by atoms with Crippen molar-refractivity contribution >= 4 is 22.6 Å². The van der Waals surface area contributed by atoms with Gasteiger partial charge in [-0.2, -0.15) is 0 Å². The molecule has 5 nitrogen and oxygen atoms in total. The smallest absolute Gasteiger partial charge is 0.303 e. The Labute approximate surface area is 123 Å². The van der Waals surface area contributed by atoms with Crippen molar-refractivity contribution in [2.75, 3.05) is 6.54 Å². The van der Waals surface area contributed by atoms with Crippen molar-refractivity contribution in [1.29, 1.82) is 0 Å². The zero-order valence-electron chi connectivity index (χ0n) is 11.9. The van der Waals surface area contributed by atoms with E-state index in [1.165, 1.54) is 0 Å². The monoisotopic (exact) mass is 286 g/mol. The summed E-state index contributed by atoms with van der Waals surface area (Å²) in [5, 5.41) is 13.3. The summed E-state index contributed by atoms with van der Waals surface area (Å²) in [4.78, 5) is 27.1. The van der Waals surface area contributed by atoms with Gasteiger partial charge in [0.1, 0.15) is 5.69 Å². The Kier molecular flexibility index (Phi) is 4.87. The number of pyridine rings is 1. The van der Waals surface area contributed by atoms with E-state index in [1.807, 2.05) is 37.3 Å². The van der Waals surface area contributed by atoms with Gasteiger partial charge in [0, 0.05) is 24.5 Å². The minimum absolute atomic E-state index is 0.0553. The normalized spacial score (nSPS) is 12.0. The fourth-order valence-electron chi connectivity index (χ4n) is 2.23. The number of benzene rings is 1. The molecule has 2 rings (SSSR count). The summed E-state index contributed by atoms with van der Waals surface area (Å²) in [7, 11) is 0. The van der Waals surface area contributed by atoms with Crippen molar-refractivity contribution in [1.82, 2.24) is 10.3 Å². The minimum atomic E-state index is -0.848. The molecule has 0 radical (unpaired) electrons. The molecular weight excluding hydrogens is 268 g/mol. The second kappa shape index (κ2) is 6.83. The molecule has 0 fully saturated rings. The van der Waals surface area contributed by atoms with Gasteiger partial charge in [-0.05, 0) is 17.4 Å². The van der Waals surface area contributed by atoms with Gasteiger partial charge in [0.15, 0.2) is 0 Å². The van der Waals surface area contributed by atoms with Crippen molar-refractivity contribution < 1.29 is 14.7 Å². The Balaban J connectivity index is 2.10. The lowest BCUT2D eigenvalue weighted by molar-refractivity contribution is -0.138. The van der Waals surface area contributed by atoms with Gasteiger partial charge in [-0.25, -0.2) is 0 Å². The first-order valence-corrected chi connectivity index (χ1v) is 6.95. The molecule has 1 aromatic heterocycles. The summed E-state index contributed by atoms with van der Waals surface area (Å²) in [5.41, 5.74) is 0.373. The first kappa shape index (κ1) is 15.0. The third-order valence-corrected chi connectivity index (χ3v) is 3.48. The van der Waals surface area contributed by atoms with Crippen LogP contribution in [0.5, 0.6) is 0 Å². The Hall–Kier alpha value is -2.43. The molecule has 0 bridgehead atoms. The number of carboxylic acids is 1. The van der Waals surface area contributed by atoms with Gasteiger partial charge >= 0.3 is 5.97 Å². The highest BCUT2D eigenvalue weighted by Crippen LogP contribution is 2.16. The number of amides is 1. The second-order valence-electron chi connectivity index (χ2n) is 4.96. The molecule has 0 aliphatic rings. The number of carboxylic acid groups (broad SMARTS) is 1. The van der Waals surface area contributed by atoms with Crippen LogP contribution in [-0.2, 0) is 4.79 Å². The van der Waals surface area contributed by atoms with Crippen LogP contribution in [0.1, 0.15) is 30.3 Å². The molecule has 5 heteroatoms.